The van der Waals surface area contributed by atoms with Gasteiger partial charge in [-0.1, -0.05) is 17.7 Å². The van der Waals surface area contributed by atoms with E-state index in [9.17, 15) is 18.0 Å². The van der Waals surface area contributed by atoms with Crippen LogP contribution in [0.4, 0.5) is 13.2 Å². The molecule has 4 rings (SSSR count). The van der Waals surface area contributed by atoms with Crippen LogP contribution in [-0.4, -0.2) is 36.9 Å². The largest absolute Gasteiger partial charge is 0.433 e. The molecular formula is C15H11ClF3N5O. The molecule has 0 atom stereocenters. The Bertz CT molecular complexity index is 977. The van der Waals surface area contributed by atoms with Gasteiger partial charge in [0, 0.05) is 13.1 Å². The molecular weight excluding hydrogens is 359 g/mol. The van der Waals surface area contributed by atoms with E-state index in [1.54, 1.807) is 18.2 Å². The van der Waals surface area contributed by atoms with Crippen molar-refractivity contribution in [1.82, 2.24) is 24.4 Å². The molecule has 1 aromatic carbocycles. The molecule has 2 aromatic heterocycles. The molecule has 10 heteroatoms. The van der Waals surface area contributed by atoms with Gasteiger partial charge in [0.1, 0.15) is 11.5 Å². The van der Waals surface area contributed by atoms with E-state index in [-0.39, 0.29) is 31.3 Å². The average Bonchev–Trinajstić information content (AvgIpc) is 3.17. The Hall–Kier alpha value is -2.55. The summed E-state index contributed by atoms with van der Waals surface area (Å²) in [6, 6.07) is 5.11. The molecule has 0 aliphatic carbocycles. The van der Waals surface area contributed by atoms with Crippen LogP contribution in [-0.2, 0) is 19.3 Å². The lowest BCUT2D eigenvalue weighted by molar-refractivity contribution is -0.144. The van der Waals surface area contributed by atoms with Crippen molar-refractivity contribution in [1.29, 1.82) is 0 Å². The van der Waals surface area contributed by atoms with Crippen LogP contribution in [0.5, 0.6) is 0 Å². The summed E-state index contributed by atoms with van der Waals surface area (Å²) >= 11 is 6.06. The van der Waals surface area contributed by atoms with Gasteiger partial charge in [-0.15, -0.1) is 0 Å². The highest BCUT2D eigenvalue weighted by Gasteiger charge is 2.38. The summed E-state index contributed by atoms with van der Waals surface area (Å²) in [7, 11) is 0. The van der Waals surface area contributed by atoms with Gasteiger partial charge in [0.2, 0.25) is 0 Å². The maximum atomic E-state index is 12.9. The Kier molecular flexibility index (Phi) is 3.50. The summed E-state index contributed by atoms with van der Waals surface area (Å²) in [6.45, 7) is 0.145. The number of nitrogens with one attached hydrogen (secondary N) is 1. The molecule has 0 unspecified atom stereocenters. The van der Waals surface area contributed by atoms with E-state index < -0.39 is 17.8 Å². The smallest absolute Gasteiger partial charge is 0.333 e. The first-order chi connectivity index (χ1) is 11.8. The molecule has 1 aliphatic rings. The van der Waals surface area contributed by atoms with E-state index in [4.69, 9.17) is 11.6 Å². The SMILES string of the molecule is O=C(c1nc2cccc(Cl)c2[nH]1)N1CCn2c(C(F)(F)F)cnc2C1. The van der Waals surface area contributed by atoms with Crippen molar-refractivity contribution in [2.45, 2.75) is 19.3 Å². The number of carbonyl (C=O) groups excluding carboxylic acids is 1. The molecule has 1 aliphatic heterocycles. The number of alkyl halides is 3. The third-order valence-corrected chi connectivity index (χ3v) is 4.43. The highest BCUT2D eigenvalue weighted by molar-refractivity contribution is 6.35. The van der Waals surface area contributed by atoms with Gasteiger partial charge >= 0.3 is 6.18 Å². The first kappa shape index (κ1) is 15.9. The number of H-pyrrole nitrogens is 1. The lowest BCUT2D eigenvalue weighted by Gasteiger charge is -2.28. The molecule has 3 aromatic rings. The highest BCUT2D eigenvalue weighted by atomic mass is 35.5. The molecule has 130 valence electrons. The van der Waals surface area contributed by atoms with Gasteiger partial charge in [-0.2, -0.15) is 13.2 Å². The minimum Gasteiger partial charge on any atom is -0.333 e. The Morgan fingerprint density at radius 2 is 2.08 bits per heavy atom. The number of halogens is 4. The Morgan fingerprint density at radius 3 is 2.80 bits per heavy atom. The first-order valence-electron chi connectivity index (χ1n) is 7.39. The van der Waals surface area contributed by atoms with Crippen LogP contribution < -0.4 is 0 Å². The van der Waals surface area contributed by atoms with Crippen molar-refractivity contribution < 1.29 is 18.0 Å². The second kappa shape index (κ2) is 5.48. The summed E-state index contributed by atoms with van der Waals surface area (Å²) in [4.78, 5) is 24.9. The number of hydrogen-bond donors (Lipinski definition) is 1. The maximum absolute atomic E-state index is 12.9. The molecule has 0 fully saturated rings. The molecule has 0 saturated heterocycles. The number of nitrogens with zero attached hydrogens (tertiary/aromatic N) is 4. The molecule has 1 amide bonds. The van der Waals surface area contributed by atoms with Crippen LogP contribution in [0.15, 0.2) is 24.4 Å². The van der Waals surface area contributed by atoms with Gasteiger partial charge in [-0.25, -0.2) is 9.97 Å². The fourth-order valence-corrected chi connectivity index (χ4v) is 3.12. The molecule has 3 heterocycles. The zero-order valence-electron chi connectivity index (χ0n) is 12.6. The Balaban J connectivity index is 1.62. The summed E-state index contributed by atoms with van der Waals surface area (Å²) in [6.07, 6.45) is -3.67. The predicted octanol–water partition coefficient (Wildman–Crippen LogP) is 3.09. The van der Waals surface area contributed by atoms with E-state index >= 15 is 0 Å². The number of rotatable bonds is 1. The number of para-hydroxylation sites is 1. The van der Waals surface area contributed by atoms with Crippen molar-refractivity contribution in [2.75, 3.05) is 6.54 Å². The second-order valence-corrected chi connectivity index (χ2v) is 6.06. The van der Waals surface area contributed by atoms with Crippen molar-refractivity contribution in [3.63, 3.8) is 0 Å². The highest BCUT2D eigenvalue weighted by Crippen LogP contribution is 2.31. The van der Waals surface area contributed by atoms with Crippen LogP contribution >= 0.6 is 11.6 Å². The fraction of sp³-hybridized carbons (Fsp3) is 0.267. The third kappa shape index (κ3) is 2.64. The number of imidazole rings is 2. The lowest BCUT2D eigenvalue weighted by atomic mass is 10.3. The number of amides is 1. The van der Waals surface area contributed by atoms with Crippen molar-refractivity contribution >= 4 is 28.5 Å². The number of carbonyl (C=O) groups is 1. The Labute approximate surface area is 144 Å². The van der Waals surface area contributed by atoms with Crippen LogP contribution in [0.2, 0.25) is 5.02 Å². The number of aromatic amines is 1. The predicted molar refractivity (Wildman–Crippen MR) is 83.1 cm³/mol. The normalized spacial score (nSPS) is 14.8. The molecule has 25 heavy (non-hydrogen) atoms. The second-order valence-electron chi connectivity index (χ2n) is 5.66. The molecule has 0 bridgehead atoms. The van der Waals surface area contributed by atoms with E-state index in [0.29, 0.717) is 16.1 Å². The number of benzene rings is 1. The summed E-state index contributed by atoms with van der Waals surface area (Å²) in [5.74, 6) is -0.115. The van der Waals surface area contributed by atoms with Gasteiger partial charge in [-0.05, 0) is 12.1 Å². The van der Waals surface area contributed by atoms with Crippen molar-refractivity contribution in [3.05, 3.63) is 46.8 Å². The number of aromatic nitrogens is 4. The zero-order valence-corrected chi connectivity index (χ0v) is 13.4. The quantitative estimate of drug-likeness (QED) is 0.716. The maximum Gasteiger partial charge on any atom is 0.433 e. The molecule has 0 radical (unpaired) electrons. The lowest BCUT2D eigenvalue weighted by Crippen LogP contribution is -2.39. The zero-order chi connectivity index (χ0) is 17.8. The average molecular weight is 370 g/mol. The van der Waals surface area contributed by atoms with Crippen LogP contribution in [0.3, 0.4) is 0 Å². The topological polar surface area (TPSA) is 66.8 Å². The van der Waals surface area contributed by atoms with Crippen molar-refractivity contribution in [3.8, 4) is 0 Å². The van der Waals surface area contributed by atoms with E-state index in [1.807, 2.05) is 0 Å². The summed E-state index contributed by atoms with van der Waals surface area (Å²) in [5.41, 5.74) is 0.296. The standard InChI is InChI=1S/C15H11ClF3N5O/c16-8-2-1-3-9-12(8)22-13(21-9)14(25)23-4-5-24-10(15(17,18)19)6-20-11(24)7-23/h1-3,6H,4-5,7H2,(H,21,22). The van der Waals surface area contributed by atoms with E-state index in [1.165, 1.54) is 4.90 Å². The molecule has 0 spiro atoms. The van der Waals surface area contributed by atoms with Gasteiger partial charge in [0.15, 0.2) is 5.82 Å². The van der Waals surface area contributed by atoms with E-state index in [2.05, 4.69) is 15.0 Å². The molecule has 0 saturated carbocycles. The van der Waals surface area contributed by atoms with Crippen LogP contribution in [0.25, 0.3) is 11.0 Å². The van der Waals surface area contributed by atoms with Crippen LogP contribution in [0.1, 0.15) is 22.1 Å². The van der Waals surface area contributed by atoms with Gasteiger partial charge in [0.05, 0.1) is 28.8 Å². The van der Waals surface area contributed by atoms with Crippen molar-refractivity contribution in [2.24, 2.45) is 0 Å². The van der Waals surface area contributed by atoms with E-state index in [0.717, 1.165) is 10.8 Å². The third-order valence-electron chi connectivity index (χ3n) is 4.11. The van der Waals surface area contributed by atoms with Gasteiger partial charge in [-0.3, -0.25) is 4.79 Å². The minimum absolute atomic E-state index is 0.0142. The molecule has 6 nitrogen and oxygen atoms in total. The fourth-order valence-electron chi connectivity index (χ4n) is 2.91. The number of fused-ring (bicyclic) bond motifs is 2. The Morgan fingerprint density at radius 1 is 1.28 bits per heavy atom. The number of hydrogen-bond acceptors (Lipinski definition) is 3. The summed E-state index contributed by atoms with van der Waals surface area (Å²) in [5, 5.41) is 0.438. The monoisotopic (exact) mass is 369 g/mol. The summed E-state index contributed by atoms with van der Waals surface area (Å²) < 4.78 is 39.8. The molecule has 1 N–H and O–H groups in total. The van der Waals surface area contributed by atoms with Crippen LogP contribution in [0, 0.1) is 0 Å². The minimum atomic E-state index is -4.47. The van der Waals surface area contributed by atoms with Gasteiger partial charge < -0.3 is 14.5 Å². The van der Waals surface area contributed by atoms with Gasteiger partial charge in [0.25, 0.3) is 5.91 Å². The first-order valence-corrected chi connectivity index (χ1v) is 7.77.